The number of aliphatic hydroxyl groups is 2. The van der Waals surface area contributed by atoms with Gasteiger partial charge in [0.05, 0.1) is 6.07 Å². The van der Waals surface area contributed by atoms with Crippen LogP contribution in [0.25, 0.3) is 0 Å². The van der Waals surface area contributed by atoms with Crippen molar-refractivity contribution in [3.05, 3.63) is 23.3 Å². The van der Waals surface area contributed by atoms with Crippen LogP contribution in [0.3, 0.4) is 0 Å². The van der Waals surface area contributed by atoms with Gasteiger partial charge in [0.15, 0.2) is 6.10 Å². The van der Waals surface area contributed by atoms with Crippen LogP contribution >= 0.6 is 0 Å². The largest absolute Gasteiger partial charge is 0.508 e. The molecule has 2 atom stereocenters. The second-order valence-electron chi connectivity index (χ2n) is 3.17. The van der Waals surface area contributed by atoms with Gasteiger partial charge in [-0.25, -0.2) is 0 Å². The third kappa shape index (κ3) is 2.01. The molecule has 2 unspecified atom stereocenters. The zero-order chi connectivity index (χ0) is 11.6. The molecule has 0 radical (unpaired) electrons. The summed E-state index contributed by atoms with van der Waals surface area (Å²) in [5.41, 5.74) is 0.205. The fourth-order valence-electron chi connectivity index (χ4n) is 1.19. The molecule has 0 heterocycles. The quantitative estimate of drug-likeness (QED) is 0.525. The maximum Gasteiger partial charge on any atom is 0.170 e. The van der Waals surface area contributed by atoms with Gasteiger partial charge in [-0.15, -0.1) is 0 Å². The predicted molar refractivity (Wildman–Crippen MR) is 51.1 cm³/mol. The first-order chi connectivity index (χ1) is 6.99. The lowest BCUT2D eigenvalue weighted by atomic mass is 10.0. The molecule has 0 fully saturated rings. The number of nitrogens with zero attached hydrogens (tertiary/aromatic N) is 1. The Kier molecular flexibility index (Phi) is 3.14. The van der Waals surface area contributed by atoms with Gasteiger partial charge in [0.2, 0.25) is 0 Å². The van der Waals surface area contributed by atoms with E-state index in [-0.39, 0.29) is 22.6 Å². The van der Waals surface area contributed by atoms with Crippen LogP contribution in [-0.2, 0) is 0 Å². The van der Waals surface area contributed by atoms with Crippen molar-refractivity contribution in [3.8, 4) is 17.6 Å². The predicted octanol–water partition coefficient (Wildman–Crippen LogP) is 0.324. The van der Waals surface area contributed by atoms with E-state index in [2.05, 4.69) is 0 Å². The van der Waals surface area contributed by atoms with Crippen molar-refractivity contribution in [1.82, 2.24) is 0 Å². The Morgan fingerprint density at radius 2 is 1.87 bits per heavy atom. The third-order valence-corrected chi connectivity index (χ3v) is 2.18. The molecule has 0 aliphatic rings. The minimum absolute atomic E-state index is 0.0133. The van der Waals surface area contributed by atoms with E-state index in [0.717, 1.165) is 0 Å². The molecule has 15 heavy (non-hydrogen) atoms. The van der Waals surface area contributed by atoms with Gasteiger partial charge in [-0.05, 0) is 19.1 Å². The summed E-state index contributed by atoms with van der Waals surface area (Å²) >= 11 is 0. The highest BCUT2D eigenvalue weighted by Gasteiger charge is 2.22. The summed E-state index contributed by atoms with van der Waals surface area (Å²) in [6.45, 7) is 1.46. The van der Waals surface area contributed by atoms with Crippen molar-refractivity contribution in [2.45, 2.75) is 19.1 Å². The van der Waals surface area contributed by atoms with Gasteiger partial charge in [-0.1, -0.05) is 0 Å². The standard InChI is InChI=1S/C10H11NO4/c1-5-7(12)3-2-6(9(5)14)10(15)8(13)4-11/h2-3,8,10,12-15H,1H3. The van der Waals surface area contributed by atoms with E-state index in [1.54, 1.807) is 0 Å². The molecule has 0 amide bonds. The summed E-state index contributed by atoms with van der Waals surface area (Å²) in [7, 11) is 0. The smallest absolute Gasteiger partial charge is 0.170 e. The van der Waals surface area contributed by atoms with E-state index in [9.17, 15) is 15.3 Å². The van der Waals surface area contributed by atoms with Crippen molar-refractivity contribution < 1.29 is 20.4 Å². The van der Waals surface area contributed by atoms with Crippen molar-refractivity contribution in [2.75, 3.05) is 0 Å². The van der Waals surface area contributed by atoms with Crippen molar-refractivity contribution >= 4 is 0 Å². The molecule has 0 saturated heterocycles. The molecule has 0 aliphatic heterocycles. The van der Waals surface area contributed by atoms with Crippen LogP contribution in [0.1, 0.15) is 17.2 Å². The van der Waals surface area contributed by atoms with E-state index >= 15 is 0 Å². The highest BCUT2D eigenvalue weighted by molar-refractivity contribution is 5.48. The molecule has 4 N–H and O–H groups in total. The lowest BCUT2D eigenvalue weighted by Gasteiger charge is -2.15. The number of hydrogen-bond acceptors (Lipinski definition) is 5. The van der Waals surface area contributed by atoms with Gasteiger partial charge in [-0.2, -0.15) is 5.26 Å². The Balaban J connectivity index is 3.17. The van der Waals surface area contributed by atoms with Crippen LogP contribution in [0.2, 0.25) is 0 Å². The zero-order valence-corrected chi connectivity index (χ0v) is 8.05. The van der Waals surface area contributed by atoms with Gasteiger partial charge >= 0.3 is 0 Å². The molecule has 5 nitrogen and oxygen atoms in total. The second kappa shape index (κ2) is 4.17. The lowest BCUT2D eigenvalue weighted by molar-refractivity contribution is 0.0510. The number of aromatic hydroxyl groups is 2. The SMILES string of the molecule is Cc1c(O)ccc(C(O)C(O)C#N)c1O. The van der Waals surface area contributed by atoms with Crippen molar-refractivity contribution in [2.24, 2.45) is 0 Å². The molecule has 80 valence electrons. The summed E-state index contributed by atoms with van der Waals surface area (Å²) in [4.78, 5) is 0. The minimum atomic E-state index is -1.61. The van der Waals surface area contributed by atoms with E-state index in [0.29, 0.717) is 0 Å². The van der Waals surface area contributed by atoms with Crippen LogP contribution in [-0.4, -0.2) is 26.5 Å². The molecule has 0 aromatic heterocycles. The average Bonchev–Trinajstić information content (AvgIpc) is 2.24. The number of hydrogen-bond donors (Lipinski definition) is 4. The van der Waals surface area contributed by atoms with Gasteiger partial charge in [-0.3, -0.25) is 0 Å². The fourth-order valence-corrected chi connectivity index (χ4v) is 1.19. The Morgan fingerprint density at radius 1 is 1.27 bits per heavy atom. The van der Waals surface area contributed by atoms with Gasteiger partial charge in [0.25, 0.3) is 0 Å². The maximum atomic E-state index is 9.55. The summed E-state index contributed by atoms with van der Waals surface area (Å²) in [6.07, 6.45) is -3.10. The van der Waals surface area contributed by atoms with E-state index in [1.165, 1.54) is 25.1 Å². The number of nitriles is 1. The van der Waals surface area contributed by atoms with Gasteiger partial charge < -0.3 is 20.4 Å². The molecule has 1 aromatic carbocycles. The summed E-state index contributed by atoms with van der Waals surface area (Å²) in [6, 6.07) is 3.98. The summed E-state index contributed by atoms with van der Waals surface area (Å²) in [5.74, 6) is -0.438. The number of phenolic OH excluding ortho intramolecular Hbond substituents is 2. The Labute approximate surface area is 86.5 Å². The Morgan fingerprint density at radius 3 is 2.40 bits per heavy atom. The maximum absolute atomic E-state index is 9.55. The van der Waals surface area contributed by atoms with Crippen molar-refractivity contribution in [3.63, 3.8) is 0 Å². The van der Waals surface area contributed by atoms with E-state index in [4.69, 9.17) is 10.4 Å². The van der Waals surface area contributed by atoms with Crippen molar-refractivity contribution in [1.29, 1.82) is 5.26 Å². The molecular formula is C10H11NO4. The molecule has 5 heteroatoms. The van der Waals surface area contributed by atoms with Crippen LogP contribution in [0, 0.1) is 18.3 Å². The number of rotatable bonds is 2. The third-order valence-electron chi connectivity index (χ3n) is 2.18. The number of phenols is 2. The molecule has 0 spiro atoms. The van der Waals surface area contributed by atoms with Crippen LogP contribution in [0.5, 0.6) is 11.5 Å². The first kappa shape index (κ1) is 11.3. The summed E-state index contributed by atoms with van der Waals surface area (Å²) in [5, 5.41) is 45.7. The number of benzene rings is 1. The topological polar surface area (TPSA) is 105 Å². The monoisotopic (exact) mass is 209 g/mol. The van der Waals surface area contributed by atoms with Crippen LogP contribution in [0.4, 0.5) is 0 Å². The van der Waals surface area contributed by atoms with E-state index < -0.39 is 12.2 Å². The second-order valence-corrected chi connectivity index (χ2v) is 3.17. The number of aliphatic hydroxyl groups excluding tert-OH is 2. The molecule has 1 rings (SSSR count). The van der Waals surface area contributed by atoms with Crippen LogP contribution < -0.4 is 0 Å². The van der Waals surface area contributed by atoms with E-state index in [1.807, 2.05) is 0 Å². The fraction of sp³-hybridized carbons (Fsp3) is 0.300. The first-order valence-electron chi connectivity index (χ1n) is 4.26. The lowest BCUT2D eigenvalue weighted by Crippen LogP contribution is -2.16. The highest BCUT2D eigenvalue weighted by atomic mass is 16.3. The van der Waals surface area contributed by atoms with Crippen LogP contribution in [0.15, 0.2) is 12.1 Å². The zero-order valence-electron chi connectivity index (χ0n) is 8.05. The molecular weight excluding hydrogens is 198 g/mol. The molecule has 1 aromatic rings. The summed E-state index contributed by atoms with van der Waals surface area (Å²) < 4.78 is 0. The Bertz CT molecular complexity index is 411. The Hall–Kier alpha value is -1.77. The average molecular weight is 209 g/mol. The minimum Gasteiger partial charge on any atom is -0.508 e. The molecule has 0 aliphatic carbocycles. The van der Waals surface area contributed by atoms with Gasteiger partial charge in [0, 0.05) is 11.1 Å². The molecule has 0 saturated carbocycles. The normalized spacial score (nSPS) is 14.3. The molecule has 0 bridgehead atoms. The first-order valence-corrected chi connectivity index (χ1v) is 4.26. The van der Waals surface area contributed by atoms with Gasteiger partial charge in [0.1, 0.15) is 17.6 Å². The highest BCUT2D eigenvalue weighted by Crippen LogP contribution is 2.34.